The van der Waals surface area contributed by atoms with Gasteiger partial charge in [-0.1, -0.05) is 0 Å². The summed E-state index contributed by atoms with van der Waals surface area (Å²) in [6.45, 7) is 5.74. The zero-order valence-corrected chi connectivity index (χ0v) is 16.3. The van der Waals surface area contributed by atoms with Crippen molar-refractivity contribution in [3.8, 4) is 6.07 Å². The van der Waals surface area contributed by atoms with Crippen LogP contribution in [-0.2, 0) is 21.3 Å². The number of hydrogen-bond acceptors (Lipinski definition) is 7. The smallest absolute Gasteiger partial charge is 0.252 e. The molecule has 1 aliphatic rings. The molecule has 1 saturated heterocycles. The second-order valence-electron chi connectivity index (χ2n) is 5.97. The molecule has 9 heteroatoms. The molecule has 0 unspecified atom stereocenters. The third kappa shape index (κ3) is 3.88. The number of rotatable bonds is 5. The molecule has 0 aliphatic carbocycles. The predicted octanol–water partition coefficient (Wildman–Crippen LogP) is 2.26. The topological polar surface area (TPSA) is 95.3 Å². The molecule has 3 heterocycles. The van der Waals surface area contributed by atoms with Gasteiger partial charge in [0, 0.05) is 30.2 Å². The number of nitrogens with one attached hydrogen (secondary N) is 1. The van der Waals surface area contributed by atoms with Crippen molar-refractivity contribution in [3.63, 3.8) is 0 Å². The highest BCUT2D eigenvalue weighted by atomic mass is 32.2. The van der Waals surface area contributed by atoms with Crippen LogP contribution in [0.5, 0.6) is 0 Å². The number of aromatic nitrogens is 1. The van der Waals surface area contributed by atoms with Crippen molar-refractivity contribution < 1.29 is 13.2 Å². The van der Waals surface area contributed by atoms with Crippen LogP contribution in [0.4, 0.5) is 5.69 Å². The molecule has 0 bridgehead atoms. The molecular weight excluding hydrogens is 372 g/mol. The van der Waals surface area contributed by atoms with Crippen LogP contribution in [-0.4, -0.2) is 44.0 Å². The van der Waals surface area contributed by atoms with E-state index in [1.807, 2.05) is 13.0 Å². The molecule has 0 radical (unpaired) electrons. The molecule has 2 aromatic heterocycles. The third-order valence-corrected chi connectivity index (χ3v) is 7.55. The number of sulfonamides is 1. The second kappa shape index (κ2) is 7.72. The van der Waals surface area contributed by atoms with Crippen LogP contribution in [0.2, 0.25) is 0 Å². The zero-order chi connectivity index (χ0) is 18.7. The van der Waals surface area contributed by atoms with Crippen molar-refractivity contribution in [2.75, 3.05) is 31.6 Å². The number of aryl methyl sites for hydroxylation is 2. The number of thiophene rings is 1. The minimum Gasteiger partial charge on any atom is -0.379 e. The summed E-state index contributed by atoms with van der Waals surface area (Å²) in [6.07, 6.45) is 0. The van der Waals surface area contributed by atoms with Crippen molar-refractivity contribution in [1.29, 1.82) is 5.26 Å². The largest absolute Gasteiger partial charge is 0.379 e. The van der Waals surface area contributed by atoms with Crippen LogP contribution in [0.1, 0.15) is 21.8 Å². The number of nitrogens with zero attached hydrogens (tertiary/aromatic N) is 3. The molecule has 3 rings (SSSR count). The minimum atomic E-state index is -3.47. The average Bonchev–Trinajstić information content (AvgIpc) is 3.10. The average molecular weight is 393 g/mol. The van der Waals surface area contributed by atoms with Crippen LogP contribution >= 0.6 is 11.3 Å². The fourth-order valence-electron chi connectivity index (χ4n) is 2.80. The molecular formula is C17H20N4O3S2. The number of morpholine rings is 1. The Labute approximate surface area is 157 Å². The number of nitriles is 1. The molecule has 0 aromatic carbocycles. The maximum absolute atomic E-state index is 12.7. The lowest BCUT2D eigenvalue weighted by molar-refractivity contribution is 0.0731. The Balaban J connectivity index is 1.75. The predicted molar refractivity (Wildman–Crippen MR) is 99.6 cm³/mol. The van der Waals surface area contributed by atoms with Gasteiger partial charge in [-0.15, -0.1) is 11.3 Å². The number of hydrogen-bond donors (Lipinski definition) is 1. The normalized spacial score (nSPS) is 15.6. The van der Waals surface area contributed by atoms with Crippen molar-refractivity contribution in [2.24, 2.45) is 0 Å². The van der Waals surface area contributed by atoms with Crippen molar-refractivity contribution in [1.82, 2.24) is 9.29 Å². The Bertz CT molecular complexity index is 941. The van der Waals surface area contributed by atoms with E-state index in [0.29, 0.717) is 54.0 Å². The number of anilines is 1. The van der Waals surface area contributed by atoms with E-state index in [9.17, 15) is 13.7 Å². The maximum Gasteiger partial charge on any atom is 0.252 e. The minimum absolute atomic E-state index is 0.332. The Kier molecular flexibility index (Phi) is 5.58. The van der Waals surface area contributed by atoms with Crippen LogP contribution in [0.25, 0.3) is 0 Å². The first kappa shape index (κ1) is 18.8. The lowest BCUT2D eigenvalue weighted by Gasteiger charge is -2.25. The zero-order valence-electron chi connectivity index (χ0n) is 14.7. The first-order valence-corrected chi connectivity index (χ1v) is 10.5. The van der Waals surface area contributed by atoms with Gasteiger partial charge < -0.3 is 10.1 Å². The van der Waals surface area contributed by atoms with Gasteiger partial charge in [-0.3, -0.25) is 4.98 Å². The molecule has 1 aliphatic heterocycles. The van der Waals surface area contributed by atoms with E-state index in [2.05, 4.69) is 16.4 Å². The van der Waals surface area contributed by atoms with Crippen LogP contribution < -0.4 is 5.32 Å². The molecule has 0 spiro atoms. The lowest BCUT2D eigenvalue weighted by atomic mass is 10.1. The lowest BCUT2D eigenvalue weighted by Crippen LogP contribution is -2.40. The Morgan fingerprint density at radius 3 is 2.77 bits per heavy atom. The highest BCUT2D eigenvalue weighted by molar-refractivity contribution is 7.91. The highest BCUT2D eigenvalue weighted by Crippen LogP contribution is 2.27. The van der Waals surface area contributed by atoms with Crippen molar-refractivity contribution in [3.05, 3.63) is 40.0 Å². The van der Waals surface area contributed by atoms with Gasteiger partial charge in [0.25, 0.3) is 10.0 Å². The monoisotopic (exact) mass is 392 g/mol. The van der Waals surface area contributed by atoms with Gasteiger partial charge in [-0.25, -0.2) is 8.42 Å². The summed E-state index contributed by atoms with van der Waals surface area (Å²) in [5.74, 6) is 0. The van der Waals surface area contributed by atoms with Gasteiger partial charge in [0.1, 0.15) is 10.3 Å². The Morgan fingerprint density at radius 1 is 1.35 bits per heavy atom. The van der Waals surface area contributed by atoms with E-state index in [-0.39, 0.29) is 0 Å². The van der Waals surface area contributed by atoms with E-state index < -0.39 is 10.0 Å². The number of ether oxygens (including phenoxy) is 1. The van der Waals surface area contributed by atoms with Gasteiger partial charge in [-0.2, -0.15) is 9.57 Å². The maximum atomic E-state index is 12.7. The van der Waals surface area contributed by atoms with Gasteiger partial charge in [0.05, 0.1) is 30.2 Å². The fourth-order valence-corrected chi connectivity index (χ4v) is 5.66. The van der Waals surface area contributed by atoms with Crippen molar-refractivity contribution in [2.45, 2.75) is 24.6 Å². The summed E-state index contributed by atoms with van der Waals surface area (Å²) < 4.78 is 32.4. The molecule has 2 aromatic rings. The van der Waals surface area contributed by atoms with Gasteiger partial charge in [0.2, 0.25) is 0 Å². The van der Waals surface area contributed by atoms with E-state index in [1.54, 1.807) is 19.1 Å². The Hall–Kier alpha value is -1.99. The molecule has 0 saturated carbocycles. The fraction of sp³-hybridized carbons (Fsp3) is 0.412. The SMILES string of the molecule is Cc1cc(NCc2ccc(S(=O)(=O)N3CCOCC3)s2)c(C#N)c(C)n1. The van der Waals surface area contributed by atoms with Gasteiger partial charge in [-0.05, 0) is 32.0 Å². The summed E-state index contributed by atoms with van der Waals surface area (Å²) >= 11 is 1.24. The summed E-state index contributed by atoms with van der Waals surface area (Å²) in [5, 5.41) is 12.5. The van der Waals surface area contributed by atoms with E-state index in [0.717, 1.165) is 10.6 Å². The standard InChI is InChI=1S/C17H20N4O3S2/c1-12-9-16(15(10-18)13(2)20-12)19-11-14-3-4-17(25-14)26(22,23)21-5-7-24-8-6-21/h3-4,9H,5-8,11H2,1-2H3,(H,19,20). The van der Waals surface area contributed by atoms with Crippen molar-refractivity contribution >= 4 is 27.0 Å². The molecule has 1 fully saturated rings. The summed E-state index contributed by atoms with van der Waals surface area (Å²) in [4.78, 5) is 5.18. The van der Waals surface area contributed by atoms with Crippen LogP contribution in [0.3, 0.4) is 0 Å². The van der Waals surface area contributed by atoms with E-state index in [4.69, 9.17) is 4.74 Å². The van der Waals surface area contributed by atoms with Gasteiger partial charge in [0.15, 0.2) is 0 Å². The first-order chi connectivity index (χ1) is 12.4. The third-order valence-electron chi connectivity index (χ3n) is 4.09. The molecule has 0 atom stereocenters. The molecule has 138 valence electrons. The van der Waals surface area contributed by atoms with E-state index >= 15 is 0 Å². The summed E-state index contributed by atoms with van der Waals surface area (Å²) in [5.41, 5.74) is 2.72. The Morgan fingerprint density at radius 2 is 2.08 bits per heavy atom. The van der Waals surface area contributed by atoms with E-state index in [1.165, 1.54) is 15.6 Å². The molecule has 1 N–H and O–H groups in total. The van der Waals surface area contributed by atoms with Gasteiger partial charge >= 0.3 is 0 Å². The van der Waals surface area contributed by atoms with Crippen LogP contribution in [0.15, 0.2) is 22.4 Å². The van der Waals surface area contributed by atoms with Crippen LogP contribution in [0, 0.1) is 25.2 Å². The molecule has 7 nitrogen and oxygen atoms in total. The summed E-state index contributed by atoms with van der Waals surface area (Å²) in [7, 11) is -3.47. The quantitative estimate of drug-likeness (QED) is 0.839. The first-order valence-electron chi connectivity index (χ1n) is 8.20. The summed E-state index contributed by atoms with van der Waals surface area (Å²) in [6, 6.07) is 7.43. The number of pyridine rings is 1. The molecule has 26 heavy (non-hydrogen) atoms. The second-order valence-corrected chi connectivity index (χ2v) is 9.31. The molecule has 0 amide bonds. The highest BCUT2D eigenvalue weighted by Gasteiger charge is 2.27.